The highest BCUT2D eigenvalue weighted by Crippen LogP contribution is 2.27. The van der Waals surface area contributed by atoms with Crippen LogP contribution in [0, 0.1) is 0 Å². The number of benzene rings is 1. The number of hydrogen-bond donors (Lipinski definition) is 4. The lowest BCUT2D eigenvalue weighted by Gasteiger charge is -2.18. The van der Waals surface area contributed by atoms with Gasteiger partial charge in [-0.3, -0.25) is 9.69 Å². The summed E-state index contributed by atoms with van der Waals surface area (Å²) in [5.41, 5.74) is 7.14. The highest BCUT2D eigenvalue weighted by Gasteiger charge is 2.12. The lowest BCUT2D eigenvalue weighted by molar-refractivity contribution is -0.117. The van der Waals surface area contributed by atoms with E-state index < -0.39 is 0 Å². The van der Waals surface area contributed by atoms with E-state index in [1.165, 1.54) is 11.3 Å². The Hall–Kier alpha value is -1.74. The molecule has 0 saturated carbocycles. The Morgan fingerprint density at radius 2 is 2.05 bits per heavy atom. The fourth-order valence-corrected chi connectivity index (χ4v) is 2.84. The molecule has 1 aromatic carbocycles. The van der Waals surface area contributed by atoms with Gasteiger partial charge in [0.1, 0.15) is 0 Å². The Labute approximate surface area is 126 Å². The lowest BCUT2D eigenvalue weighted by Crippen LogP contribution is -2.37. The molecule has 2 rings (SSSR count). The summed E-state index contributed by atoms with van der Waals surface area (Å²) in [4.78, 5) is 17.9. The SMILES string of the molecule is Nc1ccc2nc(NC(=O)CN(CCO)CCO)sc2c1. The Morgan fingerprint density at radius 3 is 2.71 bits per heavy atom. The molecule has 1 amide bonds. The number of aromatic nitrogens is 1. The Bertz CT molecular complexity index is 610. The van der Waals surface area contributed by atoms with E-state index in [2.05, 4.69) is 10.3 Å². The maximum atomic E-state index is 11.9. The van der Waals surface area contributed by atoms with E-state index in [4.69, 9.17) is 15.9 Å². The van der Waals surface area contributed by atoms with Crippen LogP contribution in [-0.4, -0.2) is 58.9 Å². The Morgan fingerprint density at radius 1 is 1.33 bits per heavy atom. The van der Waals surface area contributed by atoms with Crippen molar-refractivity contribution in [3.05, 3.63) is 18.2 Å². The number of anilines is 2. The summed E-state index contributed by atoms with van der Waals surface area (Å²) < 4.78 is 0.910. The number of carbonyl (C=O) groups is 1. The number of thiazole rings is 1. The quantitative estimate of drug-likeness (QED) is 0.540. The van der Waals surface area contributed by atoms with Crippen LogP contribution in [0.4, 0.5) is 10.8 Å². The number of aliphatic hydroxyl groups is 2. The number of nitrogens with two attached hydrogens (primary N) is 1. The van der Waals surface area contributed by atoms with Crippen LogP contribution in [0.3, 0.4) is 0 Å². The van der Waals surface area contributed by atoms with Crippen molar-refractivity contribution in [2.75, 3.05) is 43.9 Å². The number of carbonyl (C=O) groups excluding carboxylic acids is 1. The van der Waals surface area contributed by atoms with Gasteiger partial charge in [-0.15, -0.1) is 0 Å². The zero-order valence-electron chi connectivity index (χ0n) is 11.5. The van der Waals surface area contributed by atoms with Crippen molar-refractivity contribution >= 4 is 38.3 Å². The van der Waals surface area contributed by atoms with Crippen LogP contribution in [-0.2, 0) is 4.79 Å². The van der Waals surface area contributed by atoms with Crippen molar-refractivity contribution in [1.29, 1.82) is 0 Å². The molecule has 0 bridgehead atoms. The molecule has 0 unspecified atom stereocenters. The molecular weight excluding hydrogens is 292 g/mol. The molecule has 0 aliphatic heterocycles. The van der Waals surface area contributed by atoms with E-state index in [0.29, 0.717) is 23.9 Å². The third-order valence-corrected chi connectivity index (χ3v) is 3.79. The molecule has 5 N–H and O–H groups in total. The summed E-state index contributed by atoms with van der Waals surface area (Å²) in [5.74, 6) is -0.232. The maximum absolute atomic E-state index is 11.9. The third kappa shape index (κ3) is 4.36. The molecule has 8 heteroatoms. The van der Waals surface area contributed by atoms with Gasteiger partial charge in [0.25, 0.3) is 0 Å². The van der Waals surface area contributed by atoms with Crippen LogP contribution < -0.4 is 11.1 Å². The summed E-state index contributed by atoms with van der Waals surface area (Å²) in [5, 5.41) is 21.0. The predicted octanol–water partition coefficient (Wildman–Crippen LogP) is 0.104. The topological polar surface area (TPSA) is 112 Å². The number of nitrogens with one attached hydrogen (secondary N) is 1. The second kappa shape index (κ2) is 7.32. The zero-order valence-corrected chi connectivity index (χ0v) is 12.3. The molecular formula is C13H18N4O3S. The van der Waals surface area contributed by atoms with Gasteiger partial charge in [0.2, 0.25) is 5.91 Å². The van der Waals surface area contributed by atoms with Crippen LogP contribution in [0.25, 0.3) is 10.2 Å². The number of nitrogens with zero attached hydrogens (tertiary/aromatic N) is 2. The minimum Gasteiger partial charge on any atom is -0.399 e. The first-order valence-corrected chi connectivity index (χ1v) is 7.34. The summed E-state index contributed by atoms with van der Waals surface area (Å²) >= 11 is 1.35. The Kier molecular flexibility index (Phi) is 5.45. The minimum absolute atomic E-state index is 0.0618. The van der Waals surface area contributed by atoms with Crippen LogP contribution in [0.5, 0.6) is 0 Å². The van der Waals surface area contributed by atoms with Crippen molar-refractivity contribution < 1.29 is 15.0 Å². The van der Waals surface area contributed by atoms with Gasteiger partial charge >= 0.3 is 0 Å². The van der Waals surface area contributed by atoms with Crippen LogP contribution in [0.15, 0.2) is 18.2 Å². The summed E-state index contributed by atoms with van der Waals surface area (Å²) in [6, 6.07) is 5.38. The third-order valence-electron chi connectivity index (χ3n) is 2.86. The van der Waals surface area contributed by atoms with Crippen molar-refractivity contribution in [2.24, 2.45) is 0 Å². The van der Waals surface area contributed by atoms with Crippen molar-refractivity contribution in [2.45, 2.75) is 0 Å². The Balaban J connectivity index is 2.00. The standard InChI is InChI=1S/C13H18N4O3S/c14-9-1-2-10-11(7-9)21-13(15-10)16-12(20)8-17(3-5-18)4-6-19/h1-2,7,18-19H,3-6,8,14H2,(H,15,16,20). The first-order valence-electron chi connectivity index (χ1n) is 6.52. The van der Waals surface area contributed by atoms with Gasteiger partial charge < -0.3 is 21.3 Å². The molecule has 21 heavy (non-hydrogen) atoms. The maximum Gasteiger partial charge on any atom is 0.240 e. The van der Waals surface area contributed by atoms with Crippen molar-refractivity contribution in [1.82, 2.24) is 9.88 Å². The normalized spacial score (nSPS) is 11.2. The van der Waals surface area contributed by atoms with E-state index in [1.54, 1.807) is 17.0 Å². The predicted molar refractivity (Wildman–Crippen MR) is 83.3 cm³/mol. The number of rotatable bonds is 7. The molecule has 0 atom stereocenters. The highest BCUT2D eigenvalue weighted by molar-refractivity contribution is 7.22. The van der Waals surface area contributed by atoms with Crippen LogP contribution in [0.2, 0.25) is 0 Å². The van der Waals surface area contributed by atoms with E-state index >= 15 is 0 Å². The minimum atomic E-state index is -0.232. The molecule has 114 valence electrons. The van der Waals surface area contributed by atoms with Crippen LogP contribution >= 0.6 is 11.3 Å². The summed E-state index contributed by atoms with van der Waals surface area (Å²) in [7, 11) is 0. The summed E-state index contributed by atoms with van der Waals surface area (Å²) in [6.07, 6.45) is 0. The second-order valence-corrected chi connectivity index (χ2v) is 5.55. The highest BCUT2D eigenvalue weighted by atomic mass is 32.1. The largest absolute Gasteiger partial charge is 0.399 e. The van der Waals surface area contributed by atoms with Crippen LogP contribution in [0.1, 0.15) is 0 Å². The molecule has 0 radical (unpaired) electrons. The number of amides is 1. The van der Waals surface area contributed by atoms with E-state index in [1.807, 2.05) is 6.07 Å². The zero-order chi connectivity index (χ0) is 15.2. The molecule has 0 saturated heterocycles. The molecule has 0 aliphatic carbocycles. The molecule has 0 fully saturated rings. The number of fused-ring (bicyclic) bond motifs is 1. The monoisotopic (exact) mass is 310 g/mol. The fraction of sp³-hybridized carbons (Fsp3) is 0.385. The molecule has 7 nitrogen and oxygen atoms in total. The second-order valence-electron chi connectivity index (χ2n) is 4.52. The van der Waals surface area contributed by atoms with E-state index in [9.17, 15) is 4.79 Å². The average Bonchev–Trinajstić information content (AvgIpc) is 2.80. The number of nitrogen functional groups attached to an aromatic ring is 1. The van der Waals surface area contributed by atoms with Gasteiger partial charge in [-0.05, 0) is 18.2 Å². The van der Waals surface area contributed by atoms with Crippen molar-refractivity contribution in [3.63, 3.8) is 0 Å². The van der Waals surface area contributed by atoms with Gasteiger partial charge in [-0.1, -0.05) is 11.3 Å². The average molecular weight is 310 g/mol. The number of aliphatic hydroxyl groups excluding tert-OH is 2. The lowest BCUT2D eigenvalue weighted by atomic mass is 10.3. The van der Waals surface area contributed by atoms with Gasteiger partial charge in [-0.2, -0.15) is 0 Å². The van der Waals surface area contributed by atoms with Crippen molar-refractivity contribution in [3.8, 4) is 0 Å². The fourth-order valence-electron chi connectivity index (χ4n) is 1.91. The van der Waals surface area contributed by atoms with Gasteiger partial charge in [-0.25, -0.2) is 4.98 Å². The molecule has 0 spiro atoms. The molecule has 0 aliphatic rings. The van der Waals surface area contributed by atoms with Gasteiger partial charge in [0.15, 0.2) is 5.13 Å². The van der Waals surface area contributed by atoms with Gasteiger partial charge in [0.05, 0.1) is 30.0 Å². The molecule has 2 aromatic rings. The molecule has 1 aromatic heterocycles. The van der Waals surface area contributed by atoms with Gasteiger partial charge in [0, 0.05) is 18.8 Å². The smallest absolute Gasteiger partial charge is 0.240 e. The number of hydrogen-bond acceptors (Lipinski definition) is 7. The summed E-state index contributed by atoms with van der Waals surface area (Å²) in [6.45, 7) is 0.648. The van der Waals surface area contributed by atoms with E-state index in [-0.39, 0.29) is 25.7 Å². The molecule has 1 heterocycles. The van der Waals surface area contributed by atoms with E-state index in [0.717, 1.165) is 10.2 Å². The first kappa shape index (κ1) is 15.6. The first-order chi connectivity index (χ1) is 10.1.